The van der Waals surface area contributed by atoms with Gasteiger partial charge in [0.1, 0.15) is 5.82 Å². The summed E-state index contributed by atoms with van der Waals surface area (Å²) in [6.07, 6.45) is 1.23. The van der Waals surface area contributed by atoms with Gasteiger partial charge in [-0.2, -0.15) is 0 Å². The lowest BCUT2D eigenvalue weighted by Crippen LogP contribution is -2.42. The summed E-state index contributed by atoms with van der Waals surface area (Å²) in [6, 6.07) is 3.97. The summed E-state index contributed by atoms with van der Waals surface area (Å²) in [5.41, 5.74) is 0.234. The van der Waals surface area contributed by atoms with E-state index in [9.17, 15) is 14.0 Å². The second-order valence-electron chi connectivity index (χ2n) is 4.59. The number of hydrogen-bond acceptors (Lipinski definition) is 2. The van der Waals surface area contributed by atoms with E-state index in [0.717, 1.165) is 6.07 Å². The molecule has 0 bridgehead atoms. The predicted octanol–water partition coefficient (Wildman–Crippen LogP) is 2.53. The van der Waals surface area contributed by atoms with Gasteiger partial charge in [-0.3, -0.25) is 9.59 Å². The minimum absolute atomic E-state index is 0.183. The van der Waals surface area contributed by atoms with Crippen LogP contribution in [0.15, 0.2) is 22.7 Å². The Kier molecular flexibility index (Phi) is 4.19. The van der Waals surface area contributed by atoms with Crippen molar-refractivity contribution in [3.63, 3.8) is 0 Å². The molecule has 2 rings (SSSR count). The largest absolute Gasteiger partial charge is 0.481 e. The zero-order chi connectivity index (χ0) is 14.0. The van der Waals surface area contributed by atoms with Crippen LogP contribution >= 0.6 is 15.9 Å². The van der Waals surface area contributed by atoms with E-state index in [1.807, 2.05) is 0 Å². The molecule has 4 nitrogen and oxygen atoms in total. The Morgan fingerprint density at radius 1 is 1.37 bits per heavy atom. The number of carbonyl (C=O) groups is 2. The molecule has 102 valence electrons. The molecule has 0 spiro atoms. The number of carbonyl (C=O) groups excluding carboxylic acids is 1. The third-order valence-corrected chi connectivity index (χ3v) is 3.63. The number of hydrogen-bond donors (Lipinski definition) is 1. The van der Waals surface area contributed by atoms with E-state index in [2.05, 4.69) is 15.9 Å². The Labute approximate surface area is 118 Å². The number of amides is 1. The van der Waals surface area contributed by atoms with Crippen molar-refractivity contribution >= 4 is 27.8 Å². The van der Waals surface area contributed by atoms with Crippen molar-refractivity contribution in [1.29, 1.82) is 0 Å². The molecule has 19 heavy (non-hydrogen) atoms. The number of benzene rings is 1. The third-order valence-electron chi connectivity index (χ3n) is 3.17. The van der Waals surface area contributed by atoms with Crippen LogP contribution in [-0.2, 0) is 4.79 Å². The molecule has 1 aliphatic rings. The summed E-state index contributed by atoms with van der Waals surface area (Å²) in [5.74, 6) is -2.25. The highest BCUT2D eigenvalue weighted by Gasteiger charge is 2.28. The normalized spacial score (nSPS) is 19.3. The minimum atomic E-state index is -0.891. The number of likely N-dealkylation sites (tertiary alicyclic amines) is 1. The van der Waals surface area contributed by atoms with Crippen molar-refractivity contribution in [3.8, 4) is 0 Å². The van der Waals surface area contributed by atoms with Gasteiger partial charge in [0.25, 0.3) is 5.91 Å². The molecule has 0 aromatic heterocycles. The lowest BCUT2D eigenvalue weighted by Gasteiger charge is -2.30. The topological polar surface area (TPSA) is 57.6 Å². The van der Waals surface area contributed by atoms with Gasteiger partial charge in [-0.05, 0) is 31.0 Å². The maximum absolute atomic E-state index is 13.3. The van der Waals surface area contributed by atoms with E-state index in [-0.39, 0.29) is 18.0 Å². The molecule has 0 aliphatic carbocycles. The molecule has 1 fully saturated rings. The second-order valence-corrected chi connectivity index (χ2v) is 5.50. The fourth-order valence-electron chi connectivity index (χ4n) is 2.22. The number of halogens is 2. The van der Waals surface area contributed by atoms with Crippen LogP contribution < -0.4 is 0 Å². The van der Waals surface area contributed by atoms with Crippen molar-refractivity contribution in [2.75, 3.05) is 13.1 Å². The van der Waals surface area contributed by atoms with E-state index in [1.165, 1.54) is 17.0 Å². The van der Waals surface area contributed by atoms with Crippen LogP contribution in [0.3, 0.4) is 0 Å². The van der Waals surface area contributed by atoms with Gasteiger partial charge in [0.2, 0.25) is 0 Å². The molecular weight excluding hydrogens is 317 g/mol. The molecule has 1 saturated heterocycles. The highest BCUT2D eigenvalue weighted by Crippen LogP contribution is 2.21. The highest BCUT2D eigenvalue weighted by molar-refractivity contribution is 9.10. The molecule has 1 N–H and O–H groups in total. The van der Waals surface area contributed by atoms with E-state index in [0.29, 0.717) is 23.9 Å². The lowest BCUT2D eigenvalue weighted by atomic mass is 9.97. The lowest BCUT2D eigenvalue weighted by molar-refractivity contribution is -0.143. The molecule has 1 aliphatic heterocycles. The standard InChI is InChI=1S/C13H13BrFNO3/c14-10-4-9(5-11(15)6-10)12(17)16-3-1-2-8(7-16)13(18)19/h4-6,8H,1-3,7H2,(H,18,19). The molecule has 1 atom stereocenters. The zero-order valence-corrected chi connectivity index (χ0v) is 11.7. The Morgan fingerprint density at radius 3 is 2.74 bits per heavy atom. The molecule has 1 amide bonds. The van der Waals surface area contributed by atoms with Gasteiger partial charge in [-0.1, -0.05) is 15.9 Å². The maximum atomic E-state index is 13.3. The first-order valence-electron chi connectivity index (χ1n) is 5.95. The van der Waals surface area contributed by atoms with Gasteiger partial charge in [0, 0.05) is 23.1 Å². The summed E-state index contributed by atoms with van der Waals surface area (Å²) < 4.78 is 13.8. The Bertz CT molecular complexity index is 500. The van der Waals surface area contributed by atoms with Crippen molar-refractivity contribution in [2.24, 2.45) is 5.92 Å². The number of piperidine rings is 1. The number of carboxylic acids is 1. The monoisotopic (exact) mass is 329 g/mol. The zero-order valence-electron chi connectivity index (χ0n) is 10.1. The van der Waals surface area contributed by atoms with Crippen molar-refractivity contribution in [3.05, 3.63) is 34.1 Å². The van der Waals surface area contributed by atoms with Gasteiger partial charge < -0.3 is 10.0 Å². The first-order chi connectivity index (χ1) is 8.97. The van der Waals surface area contributed by atoms with Gasteiger partial charge in [-0.15, -0.1) is 0 Å². The number of rotatable bonds is 2. The number of carboxylic acid groups (broad SMARTS) is 1. The summed E-state index contributed by atoms with van der Waals surface area (Å²) >= 11 is 3.14. The van der Waals surface area contributed by atoms with Crippen molar-refractivity contribution in [1.82, 2.24) is 4.90 Å². The number of nitrogens with zero attached hydrogens (tertiary/aromatic N) is 1. The first kappa shape index (κ1) is 14.0. The van der Waals surface area contributed by atoms with Crippen molar-refractivity contribution in [2.45, 2.75) is 12.8 Å². The fraction of sp³-hybridized carbons (Fsp3) is 0.385. The van der Waals surface area contributed by atoms with Crippen LogP contribution in [0.4, 0.5) is 4.39 Å². The van der Waals surface area contributed by atoms with E-state index >= 15 is 0 Å². The van der Waals surface area contributed by atoms with Crippen LogP contribution in [0.1, 0.15) is 23.2 Å². The van der Waals surface area contributed by atoms with Crippen LogP contribution in [-0.4, -0.2) is 35.0 Å². The van der Waals surface area contributed by atoms with E-state index in [4.69, 9.17) is 5.11 Å². The summed E-state index contributed by atoms with van der Waals surface area (Å²) in [5, 5.41) is 8.99. The smallest absolute Gasteiger partial charge is 0.308 e. The first-order valence-corrected chi connectivity index (χ1v) is 6.75. The van der Waals surface area contributed by atoms with Gasteiger partial charge in [-0.25, -0.2) is 4.39 Å². The average molecular weight is 330 g/mol. The molecule has 6 heteroatoms. The minimum Gasteiger partial charge on any atom is -0.481 e. The van der Waals surface area contributed by atoms with Gasteiger partial charge in [0.15, 0.2) is 0 Å². The summed E-state index contributed by atoms with van der Waals surface area (Å²) in [7, 11) is 0. The average Bonchev–Trinajstić information content (AvgIpc) is 2.37. The van der Waals surface area contributed by atoms with E-state index in [1.54, 1.807) is 0 Å². The van der Waals surface area contributed by atoms with Crippen LogP contribution in [0.5, 0.6) is 0 Å². The van der Waals surface area contributed by atoms with Gasteiger partial charge >= 0.3 is 5.97 Å². The Balaban J connectivity index is 2.16. The quantitative estimate of drug-likeness (QED) is 0.907. The molecule has 1 aromatic rings. The molecule has 1 unspecified atom stereocenters. The maximum Gasteiger partial charge on any atom is 0.308 e. The Hall–Kier alpha value is -1.43. The van der Waals surface area contributed by atoms with Crippen LogP contribution in [0.2, 0.25) is 0 Å². The molecule has 1 aromatic carbocycles. The van der Waals surface area contributed by atoms with Crippen LogP contribution in [0.25, 0.3) is 0 Å². The summed E-state index contributed by atoms with van der Waals surface area (Å²) in [4.78, 5) is 24.7. The third kappa shape index (κ3) is 3.32. The molecule has 0 radical (unpaired) electrons. The van der Waals surface area contributed by atoms with Crippen molar-refractivity contribution < 1.29 is 19.1 Å². The predicted molar refractivity (Wildman–Crippen MR) is 70.4 cm³/mol. The van der Waals surface area contributed by atoms with Crippen LogP contribution in [0, 0.1) is 11.7 Å². The molecule has 1 heterocycles. The van der Waals surface area contributed by atoms with Gasteiger partial charge in [0.05, 0.1) is 5.92 Å². The number of aliphatic carboxylic acids is 1. The summed E-state index contributed by atoms with van der Waals surface area (Å²) in [6.45, 7) is 0.693. The highest BCUT2D eigenvalue weighted by atomic mass is 79.9. The second kappa shape index (κ2) is 5.69. The Morgan fingerprint density at radius 2 is 2.11 bits per heavy atom. The SMILES string of the molecule is O=C(O)C1CCCN(C(=O)c2cc(F)cc(Br)c2)C1. The van der Waals surface area contributed by atoms with E-state index < -0.39 is 17.7 Å². The molecular formula is C13H13BrFNO3. The fourth-order valence-corrected chi connectivity index (χ4v) is 2.69. The molecule has 0 saturated carbocycles.